The Morgan fingerprint density at radius 3 is 2.67 bits per heavy atom. The monoisotopic (exact) mass is 297 g/mol. The van der Waals surface area contributed by atoms with E-state index in [2.05, 4.69) is 30.3 Å². The molecule has 110 valence electrons. The topological polar surface area (TPSA) is 26.0 Å². The van der Waals surface area contributed by atoms with Gasteiger partial charge in [0.15, 0.2) is 0 Å². The fourth-order valence-electron chi connectivity index (χ4n) is 3.58. The van der Waals surface area contributed by atoms with Gasteiger partial charge in [0, 0.05) is 9.75 Å². The molecule has 1 atom stereocenters. The number of thiophene rings is 1. The minimum absolute atomic E-state index is 0.0561. The van der Waals surface area contributed by atoms with Crippen molar-refractivity contribution in [2.45, 2.75) is 56.9 Å². The molecule has 0 bridgehead atoms. The quantitative estimate of drug-likeness (QED) is 0.853. The standard InChI is InChI=1S/C19H23NS/c20-19(18-12-15-5-1-2-10-17(15)21-18)16-9-4-8-14(11-16)13-6-3-7-13/h4,8-9,11-13,19H,1-3,5-7,10,20H2. The molecule has 2 aliphatic carbocycles. The summed E-state index contributed by atoms with van der Waals surface area (Å²) in [6.07, 6.45) is 9.29. The summed E-state index contributed by atoms with van der Waals surface area (Å²) in [5.74, 6) is 0.786. The van der Waals surface area contributed by atoms with Crippen LogP contribution in [0.15, 0.2) is 30.3 Å². The molecule has 4 rings (SSSR count). The third-order valence-corrected chi connectivity index (χ3v) is 6.49. The average Bonchev–Trinajstić information content (AvgIpc) is 2.89. The molecule has 0 radical (unpaired) electrons. The van der Waals surface area contributed by atoms with Crippen LogP contribution < -0.4 is 5.73 Å². The van der Waals surface area contributed by atoms with E-state index in [9.17, 15) is 0 Å². The number of hydrogen-bond acceptors (Lipinski definition) is 2. The van der Waals surface area contributed by atoms with Gasteiger partial charge < -0.3 is 5.73 Å². The van der Waals surface area contributed by atoms with E-state index in [1.807, 2.05) is 11.3 Å². The fraction of sp³-hybridized carbons (Fsp3) is 0.474. The lowest BCUT2D eigenvalue weighted by atomic mass is 9.79. The van der Waals surface area contributed by atoms with Gasteiger partial charge in [-0.3, -0.25) is 0 Å². The summed E-state index contributed by atoms with van der Waals surface area (Å²) in [6.45, 7) is 0. The van der Waals surface area contributed by atoms with Crippen molar-refractivity contribution < 1.29 is 0 Å². The summed E-state index contributed by atoms with van der Waals surface area (Å²) >= 11 is 1.95. The first kappa shape index (κ1) is 13.5. The van der Waals surface area contributed by atoms with E-state index in [1.54, 1.807) is 10.4 Å². The molecule has 2 heteroatoms. The largest absolute Gasteiger partial charge is 0.320 e. The maximum Gasteiger partial charge on any atom is 0.0646 e. The van der Waals surface area contributed by atoms with Crippen molar-refractivity contribution in [2.75, 3.05) is 0 Å². The number of rotatable bonds is 3. The highest BCUT2D eigenvalue weighted by Crippen LogP contribution is 2.38. The molecule has 0 saturated heterocycles. The second-order valence-electron chi connectivity index (χ2n) is 6.58. The van der Waals surface area contributed by atoms with Crippen LogP contribution in [0.3, 0.4) is 0 Å². The van der Waals surface area contributed by atoms with Crippen molar-refractivity contribution in [2.24, 2.45) is 5.73 Å². The molecule has 0 spiro atoms. The van der Waals surface area contributed by atoms with Crippen molar-refractivity contribution in [3.8, 4) is 0 Å². The van der Waals surface area contributed by atoms with Gasteiger partial charge in [-0.05, 0) is 67.2 Å². The van der Waals surface area contributed by atoms with Crippen LogP contribution in [0.1, 0.15) is 70.5 Å². The maximum absolute atomic E-state index is 6.57. The number of nitrogens with two attached hydrogens (primary N) is 1. The second-order valence-corrected chi connectivity index (χ2v) is 7.75. The molecule has 1 nitrogen and oxygen atoms in total. The van der Waals surface area contributed by atoms with Gasteiger partial charge >= 0.3 is 0 Å². The number of hydrogen-bond donors (Lipinski definition) is 1. The Labute approximate surface area is 131 Å². The minimum Gasteiger partial charge on any atom is -0.320 e. The molecular weight excluding hydrogens is 274 g/mol. The summed E-state index contributed by atoms with van der Waals surface area (Å²) in [4.78, 5) is 2.94. The number of benzene rings is 1. The Morgan fingerprint density at radius 2 is 1.90 bits per heavy atom. The highest BCUT2D eigenvalue weighted by molar-refractivity contribution is 7.12. The van der Waals surface area contributed by atoms with E-state index in [0.717, 1.165) is 5.92 Å². The van der Waals surface area contributed by atoms with Crippen molar-refractivity contribution in [3.05, 3.63) is 56.8 Å². The molecule has 1 aromatic carbocycles. The van der Waals surface area contributed by atoms with Crippen LogP contribution in [0.4, 0.5) is 0 Å². The molecule has 1 unspecified atom stereocenters. The number of fused-ring (bicyclic) bond motifs is 1. The molecule has 1 aromatic heterocycles. The van der Waals surface area contributed by atoms with E-state index in [-0.39, 0.29) is 6.04 Å². The van der Waals surface area contributed by atoms with Crippen LogP contribution in [-0.2, 0) is 12.8 Å². The van der Waals surface area contributed by atoms with Gasteiger partial charge in [-0.1, -0.05) is 30.7 Å². The van der Waals surface area contributed by atoms with Gasteiger partial charge in [0.1, 0.15) is 0 Å². The third kappa shape index (κ3) is 2.56. The molecule has 2 aliphatic rings. The second kappa shape index (κ2) is 5.58. The minimum atomic E-state index is 0.0561. The number of aryl methyl sites for hydroxylation is 2. The van der Waals surface area contributed by atoms with Crippen molar-refractivity contribution in [1.82, 2.24) is 0 Å². The van der Waals surface area contributed by atoms with E-state index in [1.165, 1.54) is 60.9 Å². The predicted octanol–water partition coefficient (Wildman–Crippen LogP) is 4.94. The van der Waals surface area contributed by atoms with Crippen LogP contribution in [0.5, 0.6) is 0 Å². The van der Waals surface area contributed by atoms with Crippen LogP contribution in [0.25, 0.3) is 0 Å². The zero-order valence-electron chi connectivity index (χ0n) is 12.5. The van der Waals surface area contributed by atoms with Crippen LogP contribution >= 0.6 is 11.3 Å². The fourth-order valence-corrected chi connectivity index (χ4v) is 4.87. The maximum atomic E-state index is 6.57. The molecule has 1 fully saturated rings. The summed E-state index contributed by atoms with van der Waals surface area (Å²) in [6, 6.07) is 11.5. The zero-order chi connectivity index (χ0) is 14.2. The molecule has 1 saturated carbocycles. The zero-order valence-corrected chi connectivity index (χ0v) is 13.3. The Balaban J connectivity index is 1.61. The third-order valence-electron chi connectivity index (χ3n) is 5.17. The van der Waals surface area contributed by atoms with Gasteiger partial charge in [0.2, 0.25) is 0 Å². The van der Waals surface area contributed by atoms with Crippen LogP contribution in [-0.4, -0.2) is 0 Å². The Morgan fingerprint density at radius 1 is 1.05 bits per heavy atom. The van der Waals surface area contributed by atoms with Crippen molar-refractivity contribution in [3.63, 3.8) is 0 Å². The molecule has 0 aliphatic heterocycles. The van der Waals surface area contributed by atoms with Gasteiger partial charge in [-0.2, -0.15) is 0 Å². The highest BCUT2D eigenvalue weighted by atomic mass is 32.1. The normalized spacial score (nSPS) is 19.9. The molecule has 0 amide bonds. The first-order valence-electron chi connectivity index (χ1n) is 8.28. The van der Waals surface area contributed by atoms with Crippen LogP contribution in [0.2, 0.25) is 0 Å². The van der Waals surface area contributed by atoms with E-state index in [4.69, 9.17) is 5.73 Å². The molecule has 21 heavy (non-hydrogen) atoms. The summed E-state index contributed by atoms with van der Waals surface area (Å²) in [7, 11) is 0. The molecule has 1 heterocycles. The van der Waals surface area contributed by atoms with Crippen LogP contribution in [0, 0.1) is 0 Å². The average molecular weight is 297 g/mol. The molecule has 2 aromatic rings. The van der Waals surface area contributed by atoms with Gasteiger partial charge in [0.05, 0.1) is 6.04 Å². The lowest BCUT2D eigenvalue weighted by Crippen LogP contribution is -2.13. The predicted molar refractivity (Wildman–Crippen MR) is 90.0 cm³/mol. The molecular formula is C19H23NS. The van der Waals surface area contributed by atoms with Gasteiger partial charge in [-0.15, -0.1) is 11.3 Å². The van der Waals surface area contributed by atoms with Gasteiger partial charge in [-0.25, -0.2) is 0 Å². The summed E-state index contributed by atoms with van der Waals surface area (Å²) in [5, 5.41) is 0. The Kier molecular flexibility index (Phi) is 3.60. The summed E-state index contributed by atoms with van der Waals surface area (Å²) < 4.78 is 0. The SMILES string of the molecule is NC(c1cccc(C2CCC2)c1)c1cc2c(s1)CCCC2. The van der Waals surface area contributed by atoms with Gasteiger partial charge in [0.25, 0.3) is 0 Å². The summed E-state index contributed by atoms with van der Waals surface area (Å²) in [5.41, 5.74) is 10.9. The van der Waals surface area contributed by atoms with E-state index >= 15 is 0 Å². The molecule has 2 N–H and O–H groups in total. The first-order chi connectivity index (χ1) is 10.3. The Bertz CT molecular complexity index is 615. The lowest BCUT2D eigenvalue weighted by molar-refractivity contribution is 0.419. The van der Waals surface area contributed by atoms with Crippen molar-refractivity contribution >= 4 is 11.3 Å². The smallest absolute Gasteiger partial charge is 0.0646 e. The Hall–Kier alpha value is -1.12. The van der Waals surface area contributed by atoms with Crippen molar-refractivity contribution in [1.29, 1.82) is 0 Å². The lowest BCUT2D eigenvalue weighted by Gasteiger charge is -2.26. The highest BCUT2D eigenvalue weighted by Gasteiger charge is 2.22. The van der Waals surface area contributed by atoms with E-state index in [0.29, 0.717) is 0 Å². The van der Waals surface area contributed by atoms with E-state index < -0.39 is 0 Å². The first-order valence-corrected chi connectivity index (χ1v) is 9.10.